The molecule has 0 spiro atoms. The lowest BCUT2D eigenvalue weighted by molar-refractivity contribution is 0.384. The zero-order valence-corrected chi connectivity index (χ0v) is 18.9. The number of aryl methyl sites for hydroxylation is 1. The molecule has 2 N–H and O–H groups in total. The molecule has 0 unspecified atom stereocenters. The molecule has 0 saturated carbocycles. The zero-order chi connectivity index (χ0) is 23.2. The third-order valence-corrected chi connectivity index (χ3v) is 6.97. The van der Waals surface area contributed by atoms with Crippen LogP contribution in [0.1, 0.15) is 29.5 Å². The van der Waals surface area contributed by atoms with Gasteiger partial charge in [0.1, 0.15) is 16.4 Å². The van der Waals surface area contributed by atoms with Crippen molar-refractivity contribution in [3.8, 4) is 34.1 Å². The third-order valence-electron chi connectivity index (χ3n) is 5.72. The van der Waals surface area contributed by atoms with Crippen molar-refractivity contribution in [3.63, 3.8) is 0 Å². The molecule has 7 heteroatoms. The van der Waals surface area contributed by atoms with E-state index in [4.69, 9.17) is 8.92 Å². The van der Waals surface area contributed by atoms with Gasteiger partial charge in [0.2, 0.25) is 0 Å². The molecular weight excluding hydrogens is 428 g/mol. The summed E-state index contributed by atoms with van der Waals surface area (Å²) in [7, 11) is -2.62. The minimum absolute atomic E-state index is 0.0140. The lowest BCUT2D eigenvalue weighted by Crippen LogP contribution is -2.15. The summed E-state index contributed by atoms with van der Waals surface area (Å²) in [5.41, 5.74) is 4.51. The van der Waals surface area contributed by atoms with Gasteiger partial charge >= 0.3 is 10.1 Å². The summed E-state index contributed by atoms with van der Waals surface area (Å²) in [5.74, 6) is 0.0321. The van der Waals surface area contributed by atoms with Crippen molar-refractivity contribution in [2.45, 2.75) is 31.1 Å². The second-order valence-electron chi connectivity index (χ2n) is 8.00. The summed E-state index contributed by atoms with van der Waals surface area (Å²) in [4.78, 5) is 0.0443. The second kappa shape index (κ2) is 7.91. The highest BCUT2D eigenvalue weighted by Crippen LogP contribution is 2.52. The van der Waals surface area contributed by atoms with Gasteiger partial charge in [-0.2, -0.15) is 8.42 Å². The molecule has 0 saturated heterocycles. The Morgan fingerprint density at radius 1 is 1.06 bits per heavy atom. The van der Waals surface area contributed by atoms with Crippen molar-refractivity contribution >= 4 is 10.1 Å². The minimum Gasteiger partial charge on any atom is -0.508 e. The fourth-order valence-corrected chi connectivity index (χ4v) is 5.09. The Hall–Kier alpha value is -3.45. The number of hydrogen-bond acceptors (Lipinski definition) is 6. The van der Waals surface area contributed by atoms with E-state index < -0.39 is 10.1 Å². The number of hydrogen-bond donors (Lipinski definition) is 2. The Morgan fingerprint density at radius 2 is 1.75 bits per heavy atom. The number of phenolic OH excluding ortho intramolecular Hbond substituents is 2. The molecule has 3 aromatic carbocycles. The predicted octanol–water partition coefficient (Wildman–Crippen LogP) is 5.07. The molecule has 0 bridgehead atoms. The first kappa shape index (κ1) is 21.8. The van der Waals surface area contributed by atoms with Crippen LogP contribution >= 0.6 is 0 Å². The highest BCUT2D eigenvalue weighted by Gasteiger charge is 2.32. The molecule has 0 heterocycles. The van der Waals surface area contributed by atoms with Gasteiger partial charge in [-0.15, -0.1) is 0 Å². The Balaban J connectivity index is 1.86. The first-order valence-electron chi connectivity index (χ1n) is 10.0. The molecule has 166 valence electrons. The number of fused-ring (bicyclic) bond motifs is 3. The standard InChI is InChI=1S/C25H24O6S/c1-14(2)19-13-21-18(20-11-16(26)12-22(27)24(19)20)9-10-23(25(21)30-4)31-32(28,29)17-7-5-15(3)6-8-17/h5-12,19,26-27H,1,13H2,2-4H3/t19-/m1/s1. The average molecular weight is 453 g/mol. The Morgan fingerprint density at radius 3 is 2.38 bits per heavy atom. The summed E-state index contributed by atoms with van der Waals surface area (Å²) in [5, 5.41) is 20.6. The lowest BCUT2D eigenvalue weighted by Gasteiger charge is -2.30. The smallest absolute Gasteiger partial charge is 0.339 e. The SMILES string of the molecule is C=C(C)[C@H]1Cc2c(ccc(OS(=O)(=O)c3ccc(C)cc3)c2OC)-c2cc(O)cc(O)c21. The fraction of sp³-hybridized carbons (Fsp3) is 0.200. The van der Waals surface area contributed by atoms with Crippen molar-refractivity contribution in [1.29, 1.82) is 0 Å². The normalized spacial score (nSPS) is 14.9. The van der Waals surface area contributed by atoms with Gasteiger partial charge in [0.05, 0.1) is 7.11 Å². The van der Waals surface area contributed by atoms with Crippen molar-refractivity contribution in [2.24, 2.45) is 0 Å². The molecule has 0 radical (unpaired) electrons. The van der Waals surface area contributed by atoms with E-state index in [1.165, 1.54) is 31.4 Å². The van der Waals surface area contributed by atoms with E-state index in [0.29, 0.717) is 17.5 Å². The molecule has 4 rings (SSSR count). The van der Waals surface area contributed by atoms with Crippen LogP contribution in [0.5, 0.6) is 23.0 Å². The van der Waals surface area contributed by atoms with Crippen LogP contribution < -0.4 is 8.92 Å². The number of rotatable bonds is 5. The van der Waals surface area contributed by atoms with Gasteiger partial charge in [-0.25, -0.2) is 0 Å². The Bertz CT molecular complexity index is 1320. The number of benzene rings is 3. The lowest BCUT2D eigenvalue weighted by atomic mass is 9.75. The van der Waals surface area contributed by atoms with Crippen molar-refractivity contribution in [2.75, 3.05) is 7.11 Å². The van der Waals surface area contributed by atoms with Crippen LogP contribution in [0.25, 0.3) is 11.1 Å². The first-order chi connectivity index (χ1) is 15.1. The van der Waals surface area contributed by atoms with E-state index in [0.717, 1.165) is 22.3 Å². The highest BCUT2D eigenvalue weighted by molar-refractivity contribution is 7.87. The van der Waals surface area contributed by atoms with E-state index in [9.17, 15) is 18.6 Å². The van der Waals surface area contributed by atoms with Crippen LogP contribution in [0.3, 0.4) is 0 Å². The Labute approximate surface area is 187 Å². The molecule has 0 aliphatic heterocycles. The van der Waals surface area contributed by atoms with E-state index in [2.05, 4.69) is 6.58 Å². The molecule has 3 aromatic rings. The second-order valence-corrected chi connectivity index (χ2v) is 9.55. The number of aromatic hydroxyl groups is 2. The van der Waals surface area contributed by atoms with Crippen LogP contribution in [-0.2, 0) is 16.5 Å². The molecule has 1 aliphatic rings. The monoisotopic (exact) mass is 452 g/mol. The molecule has 1 atom stereocenters. The molecule has 0 amide bonds. The number of ether oxygens (including phenoxy) is 1. The summed E-state index contributed by atoms with van der Waals surface area (Å²) in [6, 6.07) is 12.5. The highest BCUT2D eigenvalue weighted by atomic mass is 32.2. The van der Waals surface area contributed by atoms with Crippen molar-refractivity contribution in [3.05, 3.63) is 77.4 Å². The first-order valence-corrected chi connectivity index (χ1v) is 11.5. The number of phenols is 2. The quantitative estimate of drug-likeness (QED) is 0.415. The van der Waals surface area contributed by atoms with Gasteiger partial charge in [-0.05, 0) is 55.7 Å². The molecule has 1 aliphatic carbocycles. The van der Waals surface area contributed by atoms with E-state index in [1.807, 2.05) is 13.8 Å². The number of methoxy groups -OCH3 is 1. The van der Waals surface area contributed by atoms with Gasteiger partial charge in [0.25, 0.3) is 0 Å². The van der Waals surface area contributed by atoms with Crippen LogP contribution in [-0.4, -0.2) is 25.7 Å². The molecule has 32 heavy (non-hydrogen) atoms. The number of allylic oxidation sites excluding steroid dienone is 1. The largest absolute Gasteiger partial charge is 0.508 e. The van der Waals surface area contributed by atoms with Crippen molar-refractivity contribution in [1.82, 2.24) is 0 Å². The molecule has 6 nitrogen and oxygen atoms in total. The van der Waals surface area contributed by atoms with Gasteiger partial charge in [0.15, 0.2) is 11.5 Å². The zero-order valence-electron chi connectivity index (χ0n) is 18.0. The third kappa shape index (κ3) is 3.69. The molecule has 0 aromatic heterocycles. The van der Waals surface area contributed by atoms with Gasteiger partial charge in [-0.3, -0.25) is 0 Å². The van der Waals surface area contributed by atoms with Gasteiger partial charge in [0, 0.05) is 23.1 Å². The fourth-order valence-electron chi connectivity index (χ4n) is 4.16. The van der Waals surface area contributed by atoms with E-state index in [-0.39, 0.29) is 33.8 Å². The summed E-state index contributed by atoms with van der Waals surface area (Å²) < 4.78 is 36.8. The van der Waals surface area contributed by atoms with E-state index in [1.54, 1.807) is 24.3 Å². The van der Waals surface area contributed by atoms with Crippen LogP contribution in [0.4, 0.5) is 0 Å². The summed E-state index contributed by atoms with van der Waals surface area (Å²) in [6.07, 6.45) is 0.432. The maximum Gasteiger partial charge on any atom is 0.339 e. The summed E-state index contributed by atoms with van der Waals surface area (Å²) in [6.45, 7) is 7.79. The van der Waals surface area contributed by atoms with Crippen LogP contribution in [0.15, 0.2) is 65.6 Å². The molecular formula is C25H24O6S. The maximum absolute atomic E-state index is 12.9. The molecule has 0 fully saturated rings. The summed E-state index contributed by atoms with van der Waals surface area (Å²) >= 11 is 0. The van der Waals surface area contributed by atoms with E-state index >= 15 is 0 Å². The average Bonchev–Trinajstić information content (AvgIpc) is 2.72. The van der Waals surface area contributed by atoms with Gasteiger partial charge < -0.3 is 19.1 Å². The van der Waals surface area contributed by atoms with Crippen LogP contribution in [0, 0.1) is 6.92 Å². The van der Waals surface area contributed by atoms with Crippen molar-refractivity contribution < 1.29 is 27.6 Å². The maximum atomic E-state index is 12.9. The predicted molar refractivity (Wildman–Crippen MR) is 122 cm³/mol. The van der Waals surface area contributed by atoms with Crippen LogP contribution in [0.2, 0.25) is 0 Å². The topological polar surface area (TPSA) is 93.1 Å². The minimum atomic E-state index is -4.07. The Kier molecular flexibility index (Phi) is 5.38. The van der Waals surface area contributed by atoms with Gasteiger partial charge in [-0.1, -0.05) is 35.9 Å².